The van der Waals surface area contributed by atoms with Gasteiger partial charge in [-0.05, 0) is 12.3 Å². The Kier molecular flexibility index (Phi) is 9.09. The Morgan fingerprint density at radius 2 is 1.76 bits per heavy atom. The summed E-state index contributed by atoms with van der Waals surface area (Å²) in [6, 6.07) is -1.66. The lowest BCUT2D eigenvalue weighted by Crippen LogP contribution is -2.45. The first-order valence-electron chi connectivity index (χ1n) is 9.64. The summed E-state index contributed by atoms with van der Waals surface area (Å²) in [6.45, 7) is 8.51. The standard InChI is InChI=1S/C19H33N5O5/c1-9(2)15(20)17(27)29-18(10(3)4)28-16(26)12-6-7-13(23-11(5)25)14(8-12)24-19(21)22/h6,9-10,13-15,18H,7-8,20H2,1-5H3,(H,23,25)(H4,21,22,24). The van der Waals surface area contributed by atoms with Crippen LogP contribution in [0.25, 0.3) is 0 Å². The Bertz CT molecular complexity index is 670. The maximum Gasteiger partial charge on any atom is 0.336 e. The zero-order valence-electron chi connectivity index (χ0n) is 17.7. The fourth-order valence-electron chi connectivity index (χ4n) is 2.73. The van der Waals surface area contributed by atoms with Gasteiger partial charge in [0.2, 0.25) is 12.2 Å². The highest BCUT2D eigenvalue weighted by Gasteiger charge is 2.32. The molecule has 0 aliphatic heterocycles. The van der Waals surface area contributed by atoms with Crippen molar-refractivity contribution in [2.75, 3.05) is 0 Å². The Hall–Kier alpha value is -2.62. The van der Waals surface area contributed by atoms with Crippen LogP contribution in [-0.2, 0) is 23.9 Å². The van der Waals surface area contributed by atoms with E-state index in [1.165, 1.54) is 6.92 Å². The lowest BCUT2D eigenvalue weighted by Gasteiger charge is -2.29. The maximum absolute atomic E-state index is 12.6. The molecule has 4 atom stereocenters. The highest BCUT2D eigenvalue weighted by molar-refractivity contribution is 5.89. The molecule has 0 saturated carbocycles. The van der Waals surface area contributed by atoms with Crippen molar-refractivity contribution >= 4 is 23.8 Å². The summed E-state index contributed by atoms with van der Waals surface area (Å²) in [6.07, 6.45) is 1.12. The molecule has 29 heavy (non-hydrogen) atoms. The molecule has 0 saturated heterocycles. The minimum atomic E-state index is -1.07. The zero-order valence-corrected chi connectivity index (χ0v) is 17.7. The largest absolute Gasteiger partial charge is 0.424 e. The Balaban J connectivity index is 2.89. The number of esters is 2. The van der Waals surface area contributed by atoms with Gasteiger partial charge in [-0.3, -0.25) is 9.59 Å². The number of carbonyl (C=O) groups is 3. The number of hydrogen-bond acceptors (Lipinski definition) is 7. The van der Waals surface area contributed by atoms with Gasteiger partial charge in [0.25, 0.3) is 0 Å². The number of aliphatic imine (C=N–C) groups is 1. The molecule has 1 rings (SSSR count). The van der Waals surface area contributed by atoms with E-state index in [4.69, 9.17) is 26.7 Å². The molecular formula is C19H33N5O5. The summed E-state index contributed by atoms with van der Waals surface area (Å²) < 4.78 is 10.7. The van der Waals surface area contributed by atoms with Gasteiger partial charge in [-0.15, -0.1) is 0 Å². The quantitative estimate of drug-likeness (QED) is 0.185. The third-order valence-corrected chi connectivity index (χ3v) is 4.47. The van der Waals surface area contributed by atoms with Gasteiger partial charge in [-0.25, -0.2) is 9.79 Å². The molecule has 0 spiro atoms. The van der Waals surface area contributed by atoms with Crippen molar-refractivity contribution in [3.63, 3.8) is 0 Å². The van der Waals surface area contributed by atoms with E-state index in [1.54, 1.807) is 33.8 Å². The van der Waals surface area contributed by atoms with Gasteiger partial charge >= 0.3 is 11.9 Å². The number of rotatable bonds is 8. The van der Waals surface area contributed by atoms with Crippen LogP contribution in [0.3, 0.4) is 0 Å². The van der Waals surface area contributed by atoms with Crippen LogP contribution in [0.5, 0.6) is 0 Å². The number of amides is 1. The molecule has 0 heterocycles. The third-order valence-electron chi connectivity index (χ3n) is 4.47. The highest BCUT2D eigenvalue weighted by Crippen LogP contribution is 2.24. The summed E-state index contributed by atoms with van der Waals surface area (Å²) in [5.41, 5.74) is 17.1. The van der Waals surface area contributed by atoms with E-state index >= 15 is 0 Å². The summed E-state index contributed by atoms with van der Waals surface area (Å²) >= 11 is 0. The smallest absolute Gasteiger partial charge is 0.336 e. The number of hydrogen-bond donors (Lipinski definition) is 4. The van der Waals surface area contributed by atoms with E-state index in [9.17, 15) is 14.4 Å². The van der Waals surface area contributed by atoms with Crippen molar-refractivity contribution in [1.82, 2.24) is 5.32 Å². The second-order valence-electron chi connectivity index (χ2n) is 7.82. The van der Waals surface area contributed by atoms with Crippen LogP contribution in [-0.4, -0.2) is 48.2 Å². The fraction of sp³-hybridized carbons (Fsp3) is 0.684. The van der Waals surface area contributed by atoms with E-state index < -0.39 is 30.3 Å². The summed E-state index contributed by atoms with van der Waals surface area (Å²) in [7, 11) is 0. The molecule has 0 bridgehead atoms. The molecule has 0 aromatic carbocycles. The third kappa shape index (κ3) is 7.72. The van der Waals surface area contributed by atoms with E-state index in [-0.39, 0.29) is 36.2 Å². The second kappa shape index (κ2) is 10.8. The van der Waals surface area contributed by atoms with Gasteiger partial charge in [0, 0.05) is 24.8 Å². The number of carbonyl (C=O) groups excluding carboxylic acids is 3. The van der Waals surface area contributed by atoms with Crippen LogP contribution >= 0.6 is 0 Å². The number of ether oxygens (including phenoxy) is 2. The molecule has 1 aliphatic carbocycles. The van der Waals surface area contributed by atoms with Gasteiger partial charge in [0.1, 0.15) is 6.04 Å². The lowest BCUT2D eigenvalue weighted by atomic mass is 9.90. The van der Waals surface area contributed by atoms with E-state index in [0.717, 1.165) is 0 Å². The Morgan fingerprint density at radius 3 is 2.24 bits per heavy atom. The van der Waals surface area contributed by atoms with Crippen LogP contribution in [0.2, 0.25) is 0 Å². The normalized spacial score (nSPS) is 21.0. The molecule has 4 unspecified atom stereocenters. The molecule has 1 amide bonds. The second-order valence-corrected chi connectivity index (χ2v) is 7.82. The number of nitrogens with two attached hydrogens (primary N) is 3. The van der Waals surface area contributed by atoms with Crippen LogP contribution in [0, 0.1) is 11.8 Å². The van der Waals surface area contributed by atoms with Crippen molar-refractivity contribution in [2.24, 2.45) is 34.0 Å². The molecule has 7 N–H and O–H groups in total. The molecule has 10 nitrogen and oxygen atoms in total. The van der Waals surface area contributed by atoms with Crippen LogP contribution in [0.4, 0.5) is 0 Å². The van der Waals surface area contributed by atoms with Crippen molar-refractivity contribution in [2.45, 2.75) is 71.9 Å². The molecule has 0 aromatic rings. The van der Waals surface area contributed by atoms with Gasteiger partial charge in [0.15, 0.2) is 5.96 Å². The average molecular weight is 412 g/mol. The van der Waals surface area contributed by atoms with E-state index in [2.05, 4.69) is 10.3 Å². The first-order valence-corrected chi connectivity index (χ1v) is 9.64. The van der Waals surface area contributed by atoms with Crippen molar-refractivity contribution in [1.29, 1.82) is 0 Å². The van der Waals surface area contributed by atoms with E-state index in [0.29, 0.717) is 12.0 Å². The fourth-order valence-corrected chi connectivity index (χ4v) is 2.73. The molecule has 0 fully saturated rings. The first-order chi connectivity index (χ1) is 13.4. The zero-order chi connectivity index (χ0) is 22.3. The van der Waals surface area contributed by atoms with Gasteiger partial charge in [-0.1, -0.05) is 33.8 Å². The van der Waals surface area contributed by atoms with Gasteiger partial charge < -0.3 is 32.0 Å². The number of nitrogens with zero attached hydrogens (tertiary/aromatic N) is 1. The lowest BCUT2D eigenvalue weighted by molar-refractivity contribution is -0.194. The molecule has 0 radical (unpaired) electrons. The van der Waals surface area contributed by atoms with Crippen LogP contribution in [0.15, 0.2) is 16.6 Å². The molecule has 164 valence electrons. The Labute approximate surface area is 171 Å². The van der Waals surface area contributed by atoms with Crippen molar-refractivity contribution in [3.05, 3.63) is 11.6 Å². The van der Waals surface area contributed by atoms with Crippen molar-refractivity contribution < 1.29 is 23.9 Å². The number of nitrogens with one attached hydrogen (secondary N) is 1. The SMILES string of the molecule is CC(=O)NC1CC=C(C(=O)OC(OC(=O)C(N)C(C)C)C(C)C)CC1N=C(N)N. The molecule has 0 aromatic heterocycles. The first kappa shape index (κ1) is 24.4. The van der Waals surface area contributed by atoms with Crippen LogP contribution < -0.4 is 22.5 Å². The summed E-state index contributed by atoms with van der Waals surface area (Å²) in [4.78, 5) is 40.3. The topological polar surface area (TPSA) is 172 Å². The molecular weight excluding hydrogens is 378 g/mol. The minimum Gasteiger partial charge on any atom is -0.424 e. The van der Waals surface area contributed by atoms with E-state index in [1.807, 2.05) is 0 Å². The van der Waals surface area contributed by atoms with Gasteiger partial charge in [0.05, 0.1) is 12.1 Å². The summed E-state index contributed by atoms with van der Waals surface area (Å²) in [5, 5.41) is 2.77. The molecule has 10 heteroatoms. The van der Waals surface area contributed by atoms with Crippen LogP contribution in [0.1, 0.15) is 47.5 Å². The average Bonchev–Trinajstić information content (AvgIpc) is 2.60. The Morgan fingerprint density at radius 1 is 1.14 bits per heavy atom. The monoisotopic (exact) mass is 411 g/mol. The van der Waals surface area contributed by atoms with Crippen molar-refractivity contribution in [3.8, 4) is 0 Å². The summed E-state index contributed by atoms with van der Waals surface area (Å²) in [5.74, 6) is -2.01. The minimum absolute atomic E-state index is 0.113. The predicted molar refractivity (Wildman–Crippen MR) is 108 cm³/mol. The van der Waals surface area contributed by atoms with Gasteiger partial charge in [-0.2, -0.15) is 0 Å². The predicted octanol–water partition coefficient (Wildman–Crippen LogP) is -0.0949. The number of guanidine groups is 1. The highest BCUT2D eigenvalue weighted by atomic mass is 16.7. The maximum atomic E-state index is 12.6. The molecule has 1 aliphatic rings.